The molecule has 1 unspecified atom stereocenters. The highest BCUT2D eigenvalue weighted by atomic mass is 19.2. The van der Waals surface area contributed by atoms with Gasteiger partial charge in [0.05, 0.1) is 0 Å². The van der Waals surface area contributed by atoms with Crippen LogP contribution in [-0.2, 0) is 11.2 Å². The van der Waals surface area contributed by atoms with E-state index in [1.807, 2.05) is 6.92 Å². The largest absolute Gasteiger partial charge is 0.300 e. The minimum absolute atomic E-state index is 0.0150. The van der Waals surface area contributed by atoms with E-state index in [9.17, 15) is 13.6 Å². The maximum absolute atomic E-state index is 13.3. The van der Waals surface area contributed by atoms with Crippen LogP contribution >= 0.6 is 0 Å². The van der Waals surface area contributed by atoms with Crippen LogP contribution in [0.2, 0.25) is 0 Å². The second kappa shape index (κ2) is 5.01. The summed E-state index contributed by atoms with van der Waals surface area (Å²) < 4.78 is 26.2. The number of Topliss-reactive ketones (excluding diaryl/α,β-unsaturated/α-hetero) is 1. The van der Waals surface area contributed by atoms with Gasteiger partial charge in [0.2, 0.25) is 0 Å². The standard InChI is InChI=1S/C12H14F2O/c1-3-9(8(2)15)7-10-5-4-6-11(13)12(10)14/h4-6,9H,3,7H2,1-2H3. The van der Waals surface area contributed by atoms with Crippen LogP contribution in [0.4, 0.5) is 8.78 Å². The Morgan fingerprint density at radius 2 is 2.07 bits per heavy atom. The van der Waals surface area contributed by atoms with Gasteiger partial charge < -0.3 is 0 Å². The van der Waals surface area contributed by atoms with Crippen molar-refractivity contribution in [2.75, 3.05) is 0 Å². The van der Waals surface area contributed by atoms with Gasteiger partial charge in [0.15, 0.2) is 11.6 Å². The molecule has 82 valence electrons. The molecule has 0 amide bonds. The third kappa shape index (κ3) is 2.85. The monoisotopic (exact) mass is 212 g/mol. The first-order valence-corrected chi connectivity index (χ1v) is 4.99. The summed E-state index contributed by atoms with van der Waals surface area (Å²) in [6, 6.07) is 4.05. The number of rotatable bonds is 4. The van der Waals surface area contributed by atoms with E-state index in [0.29, 0.717) is 6.42 Å². The van der Waals surface area contributed by atoms with Crippen molar-refractivity contribution in [3.8, 4) is 0 Å². The maximum Gasteiger partial charge on any atom is 0.162 e. The molecule has 1 atom stereocenters. The molecule has 0 saturated carbocycles. The zero-order chi connectivity index (χ0) is 11.4. The van der Waals surface area contributed by atoms with E-state index in [1.54, 1.807) is 0 Å². The van der Waals surface area contributed by atoms with Crippen LogP contribution in [0.1, 0.15) is 25.8 Å². The van der Waals surface area contributed by atoms with Crippen molar-refractivity contribution in [2.45, 2.75) is 26.7 Å². The predicted molar refractivity (Wildman–Crippen MR) is 54.5 cm³/mol. The summed E-state index contributed by atoms with van der Waals surface area (Å²) in [5.41, 5.74) is 0.275. The highest BCUT2D eigenvalue weighted by molar-refractivity contribution is 5.78. The lowest BCUT2D eigenvalue weighted by Crippen LogP contribution is -2.14. The minimum Gasteiger partial charge on any atom is -0.300 e. The molecule has 0 fully saturated rings. The van der Waals surface area contributed by atoms with Gasteiger partial charge in [0.25, 0.3) is 0 Å². The molecule has 0 aliphatic carbocycles. The average molecular weight is 212 g/mol. The van der Waals surface area contributed by atoms with Gasteiger partial charge in [-0.25, -0.2) is 8.78 Å². The van der Waals surface area contributed by atoms with Crippen LogP contribution in [-0.4, -0.2) is 5.78 Å². The van der Waals surface area contributed by atoms with Gasteiger partial charge in [0.1, 0.15) is 5.78 Å². The Kier molecular flexibility index (Phi) is 3.95. The van der Waals surface area contributed by atoms with E-state index in [-0.39, 0.29) is 23.7 Å². The van der Waals surface area contributed by atoms with E-state index in [0.717, 1.165) is 6.07 Å². The first kappa shape index (κ1) is 11.8. The number of carbonyl (C=O) groups is 1. The summed E-state index contributed by atoms with van der Waals surface area (Å²) in [7, 11) is 0. The van der Waals surface area contributed by atoms with Crippen molar-refractivity contribution in [2.24, 2.45) is 5.92 Å². The second-order valence-electron chi connectivity index (χ2n) is 3.63. The SMILES string of the molecule is CCC(Cc1cccc(F)c1F)C(C)=O. The average Bonchev–Trinajstić information content (AvgIpc) is 2.19. The topological polar surface area (TPSA) is 17.1 Å². The summed E-state index contributed by atoms with van der Waals surface area (Å²) in [4.78, 5) is 11.2. The summed E-state index contributed by atoms with van der Waals surface area (Å²) in [6.07, 6.45) is 0.917. The van der Waals surface area contributed by atoms with Gasteiger partial charge in [-0.15, -0.1) is 0 Å². The van der Waals surface area contributed by atoms with Crippen LogP contribution < -0.4 is 0 Å². The Balaban J connectivity index is 2.88. The fourth-order valence-corrected chi connectivity index (χ4v) is 1.55. The van der Waals surface area contributed by atoms with Crippen molar-refractivity contribution < 1.29 is 13.6 Å². The second-order valence-corrected chi connectivity index (χ2v) is 3.63. The van der Waals surface area contributed by atoms with Gasteiger partial charge in [-0.3, -0.25) is 4.79 Å². The molecular weight excluding hydrogens is 198 g/mol. The lowest BCUT2D eigenvalue weighted by Gasteiger charge is -2.11. The Morgan fingerprint density at radius 1 is 1.40 bits per heavy atom. The quantitative estimate of drug-likeness (QED) is 0.749. The zero-order valence-corrected chi connectivity index (χ0v) is 8.89. The smallest absolute Gasteiger partial charge is 0.162 e. The zero-order valence-electron chi connectivity index (χ0n) is 8.89. The van der Waals surface area contributed by atoms with E-state index in [1.165, 1.54) is 19.1 Å². The Morgan fingerprint density at radius 3 is 2.60 bits per heavy atom. The molecule has 1 nitrogen and oxygen atoms in total. The van der Waals surface area contributed by atoms with Crippen LogP contribution in [0.5, 0.6) is 0 Å². The molecule has 15 heavy (non-hydrogen) atoms. The van der Waals surface area contributed by atoms with Gasteiger partial charge in [0, 0.05) is 5.92 Å². The molecular formula is C12H14F2O. The maximum atomic E-state index is 13.3. The first-order chi connectivity index (χ1) is 7.06. The highest BCUT2D eigenvalue weighted by Crippen LogP contribution is 2.18. The lowest BCUT2D eigenvalue weighted by molar-refractivity contribution is -0.120. The van der Waals surface area contributed by atoms with Crippen LogP contribution in [0.15, 0.2) is 18.2 Å². The third-order valence-electron chi connectivity index (χ3n) is 2.57. The lowest BCUT2D eigenvalue weighted by atomic mass is 9.93. The van der Waals surface area contributed by atoms with E-state index >= 15 is 0 Å². The van der Waals surface area contributed by atoms with Crippen LogP contribution in [0.25, 0.3) is 0 Å². The molecule has 0 saturated heterocycles. The number of hydrogen-bond donors (Lipinski definition) is 0. The summed E-state index contributed by atoms with van der Waals surface area (Å²) >= 11 is 0. The number of hydrogen-bond acceptors (Lipinski definition) is 1. The molecule has 0 heterocycles. The van der Waals surface area contributed by atoms with Gasteiger partial charge in [-0.05, 0) is 31.4 Å². The van der Waals surface area contributed by atoms with Crippen molar-refractivity contribution in [3.05, 3.63) is 35.4 Å². The molecule has 0 radical (unpaired) electrons. The predicted octanol–water partition coefficient (Wildman–Crippen LogP) is 3.12. The Bertz CT molecular complexity index is 361. The van der Waals surface area contributed by atoms with Gasteiger partial charge in [-0.2, -0.15) is 0 Å². The minimum atomic E-state index is -0.856. The molecule has 0 spiro atoms. The molecule has 0 bridgehead atoms. The number of halogens is 2. The first-order valence-electron chi connectivity index (χ1n) is 4.99. The number of benzene rings is 1. The van der Waals surface area contributed by atoms with Crippen molar-refractivity contribution in [1.82, 2.24) is 0 Å². The van der Waals surface area contributed by atoms with Crippen molar-refractivity contribution >= 4 is 5.78 Å². The van der Waals surface area contributed by atoms with E-state index < -0.39 is 11.6 Å². The fraction of sp³-hybridized carbons (Fsp3) is 0.417. The van der Waals surface area contributed by atoms with Gasteiger partial charge in [-0.1, -0.05) is 19.1 Å². The summed E-state index contributed by atoms with van der Waals surface area (Å²) in [5, 5.41) is 0. The third-order valence-corrected chi connectivity index (χ3v) is 2.57. The van der Waals surface area contributed by atoms with Crippen LogP contribution in [0, 0.1) is 17.6 Å². The van der Waals surface area contributed by atoms with Crippen molar-refractivity contribution in [3.63, 3.8) is 0 Å². The number of ketones is 1. The van der Waals surface area contributed by atoms with E-state index in [2.05, 4.69) is 0 Å². The fourth-order valence-electron chi connectivity index (χ4n) is 1.55. The molecule has 3 heteroatoms. The van der Waals surface area contributed by atoms with Crippen molar-refractivity contribution in [1.29, 1.82) is 0 Å². The number of carbonyl (C=O) groups excluding carboxylic acids is 1. The highest BCUT2D eigenvalue weighted by Gasteiger charge is 2.16. The van der Waals surface area contributed by atoms with E-state index in [4.69, 9.17) is 0 Å². The molecule has 0 aliphatic rings. The Hall–Kier alpha value is -1.25. The molecule has 1 aromatic rings. The molecule has 1 aromatic carbocycles. The van der Waals surface area contributed by atoms with Gasteiger partial charge >= 0.3 is 0 Å². The summed E-state index contributed by atoms with van der Waals surface area (Å²) in [6.45, 7) is 3.34. The Labute approximate surface area is 88.1 Å². The molecule has 0 N–H and O–H groups in total. The molecule has 1 rings (SSSR count). The molecule has 0 aromatic heterocycles. The van der Waals surface area contributed by atoms with Crippen LogP contribution in [0.3, 0.4) is 0 Å². The molecule has 0 aliphatic heterocycles. The normalized spacial score (nSPS) is 12.5. The summed E-state index contributed by atoms with van der Waals surface area (Å²) in [5.74, 6) is -1.90.